The molecule has 0 fully saturated rings. The molecule has 0 spiro atoms. The summed E-state index contributed by atoms with van der Waals surface area (Å²) in [5.41, 5.74) is 3.27. The third-order valence-electron chi connectivity index (χ3n) is 2.64. The Labute approximate surface area is 102 Å². The molecule has 0 bridgehead atoms. The van der Waals surface area contributed by atoms with Crippen LogP contribution in [0.3, 0.4) is 0 Å². The number of rotatable bonds is 3. The summed E-state index contributed by atoms with van der Waals surface area (Å²) in [6, 6.07) is 9.37. The number of pyridine rings is 1. The Kier molecular flexibility index (Phi) is 2.57. The van der Waals surface area contributed by atoms with Gasteiger partial charge in [-0.15, -0.1) is 0 Å². The number of benzene rings is 1. The molecular weight excluding hydrogens is 230 g/mol. The van der Waals surface area contributed by atoms with Crippen LogP contribution in [-0.4, -0.2) is 9.97 Å². The van der Waals surface area contributed by atoms with Crippen molar-refractivity contribution in [3.8, 4) is 0 Å². The van der Waals surface area contributed by atoms with Gasteiger partial charge in [0, 0.05) is 24.6 Å². The van der Waals surface area contributed by atoms with Crippen molar-refractivity contribution in [2.75, 3.05) is 5.32 Å². The second-order valence-electron chi connectivity index (χ2n) is 3.94. The molecule has 18 heavy (non-hydrogen) atoms. The molecule has 1 aromatic carbocycles. The molecule has 0 saturated carbocycles. The number of oxazole rings is 1. The van der Waals surface area contributed by atoms with E-state index in [0.29, 0.717) is 17.6 Å². The number of anilines is 1. The fourth-order valence-electron chi connectivity index (χ4n) is 1.77. The Morgan fingerprint density at radius 3 is 3.11 bits per heavy atom. The van der Waals surface area contributed by atoms with Crippen molar-refractivity contribution in [3.05, 3.63) is 58.8 Å². The van der Waals surface area contributed by atoms with E-state index >= 15 is 0 Å². The lowest BCUT2D eigenvalue weighted by Gasteiger charge is -2.05. The van der Waals surface area contributed by atoms with Crippen molar-refractivity contribution >= 4 is 16.8 Å². The topological polar surface area (TPSA) is 70.9 Å². The predicted octanol–water partition coefficient (Wildman–Crippen LogP) is 2.13. The first kappa shape index (κ1) is 10.6. The summed E-state index contributed by atoms with van der Waals surface area (Å²) in [4.78, 5) is 17.7. The quantitative estimate of drug-likeness (QED) is 0.736. The Morgan fingerprint density at radius 1 is 1.33 bits per heavy atom. The van der Waals surface area contributed by atoms with Gasteiger partial charge in [-0.05, 0) is 29.8 Å². The molecule has 5 heteroatoms. The van der Waals surface area contributed by atoms with Crippen molar-refractivity contribution in [3.63, 3.8) is 0 Å². The molecule has 0 amide bonds. The summed E-state index contributed by atoms with van der Waals surface area (Å²) in [5.74, 6) is -0.436. The minimum atomic E-state index is -0.436. The Hall–Kier alpha value is -2.56. The first-order chi connectivity index (χ1) is 8.81. The van der Waals surface area contributed by atoms with Crippen LogP contribution in [0.25, 0.3) is 11.1 Å². The predicted molar refractivity (Wildman–Crippen MR) is 68.4 cm³/mol. The molecule has 3 aromatic rings. The first-order valence-electron chi connectivity index (χ1n) is 5.57. The summed E-state index contributed by atoms with van der Waals surface area (Å²) < 4.78 is 4.94. The average Bonchev–Trinajstić information content (AvgIpc) is 2.77. The van der Waals surface area contributed by atoms with Gasteiger partial charge < -0.3 is 9.73 Å². The van der Waals surface area contributed by atoms with Crippen LogP contribution in [0.4, 0.5) is 5.69 Å². The van der Waals surface area contributed by atoms with Crippen molar-refractivity contribution in [2.45, 2.75) is 6.54 Å². The maximum atomic E-state index is 11.0. The SMILES string of the molecule is O=c1[nH]c2cc(NCc3cccnc3)ccc2o1. The van der Waals surface area contributed by atoms with Gasteiger partial charge >= 0.3 is 5.76 Å². The number of hydrogen-bond acceptors (Lipinski definition) is 4. The highest BCUT2D eigenvalue weighted by Crippen LogP contribution is 2.16. The number of hydrogen-bond donors (Lipinski definition) is 2. The molecule has 2 N–H and O–H groups in total. The first-order valence-corrected chi connectivity index (χ1v) is 5.57. The van der Waals surface area contributed by atoms with E-state index in [1.807, 2.05) is 30.5 Å². The van der Waals surface area contributed by atoms with Crippen LogP contribution in [0.1, 0.15) is 5.56 Å². The molecule has 0 radical (unpaired) electrons. The van der Waals surface area contributed by atoms with E-state index in [4.69, 9.17) is 4.42 Å². The summed E-state index contributed by atoms with van der Waals surface area (Å²) in [5, 5.41) is 3.26. The molecule has 0 aliphatic heterocycles. The van der Waals surface area contributed by atoms with E-state index in [-0.39, 0.29) is 0 Å². The van der Waals surface area contributed by atoms with E-state index in [1.165, 1.54) is 0 Å². The van der Waals surface area contributed by atoms with Gasteiger partial charge in [0.15, 0.2) is 5.58 Å². The van der Waals surface area contributed by atoms with Crippen LogP contribution in [0, 0.1) is 0 Å². The molecule has 5 nitrogen and oxygen atoms in total. The van der Waals surface area contributed by atoms with E-state index in [2.05, 4.69) is 15.3 Å². The van der Waals surface area contributed by atoms with Crippen molar-refractivity contribution in [2.24, 2.45) is 0 Å². The van der Waals surface area contributed by atoms with E-state index in [9.17, 15) is 4.79 Å². The van der Waals surface area contributed by atoms with Gasteiger partial charge in [0.25, 0.3) is 0 Å². The third kappa shape index (κ3) is 2.10. The highest BCUT2D eigenvalue weighted by Gasteiger charge is 2.01. The molecule has 0 aliphatic carbocycles. The second-order valence-corrected chi connectivity index (χ2v) is 3.94. The fraction of sp³-hybridized carbons (Fsp3) is 0.0769. The lowest BCUT2D eigenvalue weighted by molar-refractivity contribution is 0.555. The summed E-state index contributed by atoms with van der Waals surface area (Å²) in [6.07, 6.45) is 3.55. The zero-order chi connectivity index (χ0) is 12.4. The molecule has 0 aliphatic rings. The van der Waals surface area contributed by atoms with E-state index < -0.39 is 5.76 Å². The number of nitrogens with one attached hydrogen (secondary N) is 2. The lowest BCUT2D eigenvalue weighted by Crippen LogP contribution is -1.99. The van der Waals surface area contributed by atoms with Gasteiger partial charge in [-0.25, -0.2) is 4.79 Å². The largest absolute Gasteiger partial charge is 0.417 e. The standard InChI is InChI=1S/C13H11N3O2/c17-13-16-11-6-10(3-4-12(11)18-13)15-8-9-2-1-5-14-7-9/h1-7,15H,8H2,(H,16,17). The highest BCUT2D eigenvalue weighted by molar-refractivity contribution is 5.76. The second kappa shape index (κ2) is 4.37. The normalized spacial score (nSPS) is 10.7. The van der Waals surface area contributed by atoms with Crippen molar-refractivity contribution in [1.29, 1.82) is 0 Å². The van der Waals surface area contributed by atoms with Gasteiger partial charge in [0.05, 0.1) is 5.52 Å². The average molecular weight is 241 g/mol. The van der Waals surface area contributed by atoms with Crippen LogP contribution in [0.15, 0.2) is 51.9 Å². The Morgan fingerprint density at radius 2 is 2.28 bits per heavy atom. The number of H-pyrrole nitrogens is 1. The monoisotopic (exact) mass is 241 g/mol. The van der Waals surface area contributed by atoms with Gasteiger partial charge in [-0.1, -0.05) is 6.07 Å². The van der Waals surface area contributed by atoms with Gasteiger partial charge in [-0.3, -0.25) is 9.97 Å². The fourth-order valence-corrected chi connectivity index (χ4v) is 1.77. The number of aromatic nitrogens is 2. The molecule has 0 unspecified atom stereocenters. The minimum Gasteiger partial charge on any atom is -0.408 e. The van der Waals surface area contributed by atoms with Gasteiger partial charge in [0.1, 0.15) is 0 Å². The van der Waals surface area contributed by atoms with Crippen LogP contribution in [0.2, 0.25) is 0 Å². The van der Waals surface area contributed by atoms with Crippen LogP contribution in [0.5, 0.6) is 0 Å². The smallest absolute Gasteiger partial charge is 0.408 e. The Balaban J connectivity index is 1.80. The molecule has 3 rings (SSSR count). The van der Waals surface area contributed by atoms with Crippen LogP contribution in [-0.2, 0) is 6.54 Å². The molecule has 2 aromatic heterocycles. The molecule has 0 saturated heterocycles. The summed E-state index contributed by atoms with van der Waals surface area (Å²) in [7, 11) is 0. The molecule has 90 valence electrons. The van der Waals surface area contributed by atoms with E-state index in [0.717, 1.165) is 11.3 Å². The number of nitrogens with zero attached hydrogens (tertiary/aromatic N) is 1. The van der Waals surface area contributed by atoms with Gasteiger partial charge in [-0.2, -0.15) is 0 Å². The zero-order valence-corrected chi connectivity index (χ0v) is 9.51. The lowest BCUT2D eigenvalue weighted by atomic mass is 10.2. The summed E-state index contributed by atoms with van der Waals surface area (Å²) in [6.45, 7) is 0.682. The van der Waals surface area contributed by atoms with Crippen LogP contribution < -0.4 is 11.1 Å². The minimum absolute atomic E-state index is 0.436. The molecule has 0 atom stereocenters. The van der Waals surface area contributed by atoms with Crippen LogP contribution >= 0.6 is 0 Å². The van der Waals surface area contributed by atoms with E-state index in [1.54, 1.807) is 12.3 Å². The highest BCUT2D eigenvalue weighted by atomic mass is 16.4. The number of aromatic amines is 1. The summed E-state index contributed by atoms with van der Waals surface area (Å²) >= 11 is 0. The van der Waals surface area contributed by atoms with Crippen molar-refractivity contribution in [1.82, 2.24) is 9.97 Å². The molecule has 2 heterocycles. The van der Waals surface area contributed by atoms with Crippen molar-refractivity contribution < 1.29 is 4.42 Å². The maximum Gasteiger partial charge on any atom is 0.417 e. The Bertz CT molecular complexity index is 716. The third-order valence-corrected chi connectivity index (χ3v) is 2.64. The maximum absolute atomic E-state index is 11.0. The molecular formula is C13H11N3O2. The number of fused-ring (bicyclic) bond motifs is 1. The van der Waals surface area contributed by atoms with Gasteiger partial charge in [0.2, 0.25) is 0 Å². The zero-order valence-electron chi connectivity index (χ0n) is 9.51.